The van der Waals surface area contributed by atoms with Crippen molar-refractivity contribution in [3.63, 3.8) is 0 Å². The summed E-state index contributed by atoms with van der Waals surface area (Å²) in [5.41, 5.74) is 5.19. The Hall–Kier alpha value is -4.12. The largest absolute Gasteiger partial charge is 0.476 e. The topological polar surface area (TPSA) is 60.0 Å². The molecule has 0 saturated heterocycles. The molecule has 0 aliphatic carbocycles. The summed E-state index contributed by atoms with van der Waals surface area (Å²) in [7, 11) is 0. The molecule has 0 atom stereocenters. The maximum atomic E-state index is 11.7. The van der Waals surface area contributed by atoms with Gasteiger partial charge in [-0.05, 0) is 23.3 Å². The van der Waals surface area contributed by atoms with Crippen LogP contribution in [-0.2, 0) is 13.1 Å². The summed E-state index contributed by atoms with van der Waals surface area (Å²) in [4.78, 5) is 11.7. The number of benzene rings is 3. The van der Waals surface area contributed by atoms with Crippen LogP contribution in [0.2, 0.25) is 0 Å². The summed E-state index contributed by atoms with van der Waals surface area (Å²) < 4.78 is 3.99. The molecule has 2 aromatic heterocycles. The van der Waals surface area contributed by atoms with Crippen LogP contribution >= 0.6 is 0 Å². The first-order valence-corrected chi connectivity index (χ1v) is 10.2. The molecule has 0 fully saturated rings. The van der Waals surface area contributed by atoms with Gasteiger partial charge in [-0.2, -0.15) is 5.10 Å². The van der Waals surface area contributed by atoms with Gasteiger partial charge in [0.05, 0.1) is 12.2 Å². The van der Waals surface area contributed by atoms with Crippen molar-refractivity contribution in [2.45, 2.75) is 13.1 Å². The van der Waals surface area contributed by atoms with Gasteiger partial charge in [-0.25, -0.2) is 4.79 Å². The molecule has 0 saturated carbocycles. The Morgan fingerprint density at radius 1 is 0.806 bits per heavy atom. The smallest absolute Gasteiger partial charge is 0.356 e. The summed E-state index contributed by atoms with van der Waals surface area (Å²) in [6.07, 6.45) is 2.10. The summed E-state index contributed by atoms with van der Waals surface area (Å²) in [5.74, 6) is -1.03. The van der Waals surface area contributed by atoms with Gasteiger partial charge in [0.15, 0.2) is 5.69 Å². The monoisotopic (exact) mass is 407 g/mol. The molecule has 0 aliphatic heterocycles. The van der Waals surface area contributed by atoms with E-state index in [-0.39, 0.29) is 5.69 Å². The normalized spacial score (nSPS) is 11.1. The Kier molecular flexibility index (Phi) is 4.84. The number of hydrogen-bond acceptors (Lipinski definition) is 2. The van der Waals surface area contributed by atoms with Crippen molar-refractivity contribution in [3.8, 4) is 11.3 Å². The average Bonchev–Trinajstić information content (AvgIpc) is 3.37. The van der Waals surface area contributed by atoms with Crippen LogP contribution in [0.15, 0.2) is 97.2 Å². The molecule has 31 heavy (non-hydrogen) atoms. The summed E-state index contributed by atoms with van der Waals surface area (Å²) in [6.45, 7) is 1.24. The number of rotatable bonds is 6. The van der Waals surface area contributed by atoms with Crippen LogP contribution in [0, 0.1) is 0 Å². The summed E-state index contributed by atoms with van der Waals surface area (Å²) >= 11 is 0. The maximum Gasteiger partial charge on any atom is 0.356 e. The van der Waals surface area contributed by atoms with Gasteiger partial charge in [0.2, 0.25) is 0 Å². The quantitative estimate of drug-likeness (QED) is 0.415. The fourth-order valence-electron chi connectivity index (χ4n) is 3.98. The molecule has 5 aromatic rings. The van der Waals surface area contributed by atoms with E-state index in [1.54, 1.807) is 10.7 Å². The lowest BCUT2D eigenvalue weighted by molar-refractivity contribution is 0.0689. The molecule has 0 radical (unpaired) electrons. The maximum absolute atomic E-state index is 11.7. The Bertz CT molecular complexity index is 1350. The van der Waals surface area contributed by atoms with Crippen LogP contribution in [-0.4, -0.2) is 25.4 Å². The highest BCUT2D eigenvalue weighted by atomic mass is 16.4. The second kappa shape index (κ2) is 7.95. The van der Waals surface area contributed by atoms with Gasteiger partial charge >= 0.3 is 5.97 Å². The minimum Gasteiger partial charge on any atom is -0.476 e. The van der Waals surface area contributed by atoms with Gasteiger partial charge in [0.1, 0.15) is 0 Å². The molecule has 5 rings (SSSR count). The van der Waals surface area contributed by atoms with Gasteiger partial charge in [0, 0.05) is 29.2 Å². The molecular weight excluding hydrogens is 386 g/mol. The fourth-order valence-corrected chi connectivity index (χ4v) is 3.98. The second-order valence-electron chi connectivity index (χ2n) is 7.54. The highest BCUT2D eigenvalue weighted by molar-refractivity contribution is 5.96. The Balaban J connectivity index is 1.64. The van der Waals surface area contributed by atoms with Crippen molar-refractivity contribution in [1.29, 1.82) is 0 Å². The Labute approximate surface area is 179 Å². The first-order valence-electron chi connectivity index (χ1n) is 10.2. The number of carboxylic acids is 1. The number of nitrogens with zero attached hydrogens (tertiary/aromatic N) is 3. The minimum absolute atomic E-state index is 0.0471. The first-order chi connectivity index (χ1) is 15.2. The number of para-hydroxylation sites is 1. The van der Waals surface area contributed by atoms with Crippen molar-refractivity contribution in [2.75, 3.05) is 0 Å². The number of aromatic carboxylic acids is 1. The Morgan fingerprint density at radius 3 is 2.10 bits per heavy atom. The lowest BCUT2D eigenvalue weighted by Crippen LogP contribution is -2.05. The molecular formula is C26H21N3O2. The zero-order chi connectivity index (χ0) is 21.2. The van der Waals surface area contributed by atoms with Gasteiger partial charge in [0.25, 0.3) is 0 Å². The van der Waals surface area contributed by atoms with E-state index in [0.717, 1.165) is 34.3 Å². The molecule has 0 spiro atoms. The highest BCUT2D eigenvalue weighted by Crippen LogP contribution is 2.32. The van der Waals surface area contributed by atoms with Crippen LogP contribution in [0.1, 0.15) is 21.6 Å². The first kappa shape index (κ1) is 18.9. The highest BCUT2D eigenvalue weighted by Gasteiger charge is 2.19. The Morgan fingerprint density at radius 2 is 1.42 bits per heavy atom. The number of carboxylic acid groups (broad SMARTS) is 1. The average molecular weight is 407 g/mol. The zero-order valence-corrected chi connectivity index (χ0v) is 16.8. The van der Waals surface area contributed by atoms with Crippen molar-refractivity contribution in [3.05, 3.63) is 114 Å². The standard InChI is InChI=1S/C26H21N3O2/c30-26(31)23-15-25(29(27-23)17-20-11-5-2-6-12-20)22-18-28(16-19-9-3-1-4-10-19)24-14-8-7-13-21(22)24/h1-15,18H,16-17H2,(H,30,31). The molecule has 152 valence electrons. The molecule has 5 heteroatoms. The van der Waals surface area contributed by atoms with Gasteiger partial charge in [-0.3, -0.25) is 4.68 Å². The van der Waals surface area contributed by atoms with E-state index in [2.05, 4.69) is 40.1 Å². The minimum atomic E-state index is -1.03. The SMILES string of the molecule is O=C(O)c1cc(-c2cn(Cc3ccccc3)c3ccccc23)n(Cc2ccccc2)n1. The van der Waals surface area contributed by atoms with Crippen molar-refractivity contribution < 1.29 is 9.90 Å². The van der Waals surface area contributed by atoms with E-state index >= 15 is 0 Å². The predicted molar refractivity (Wildman–Crippen MR) is 121 cm³/mol. The van der Waals surface area contributed by atoms with E-state index in [1.807, 2.05) is 60.7 Å². The van der Waals surface area contributed by atoms with E-state index < -0.39 is 5.97 Å². The number of aromatic nitrogens is 3. The van der Waals surface area contributed by atoms with E-state index in [4.69, 9.17) is 0 Å². The van der Waals surface area contributed by atoms with Gasteiger partial charge in [-0.15, -0.1) is 0 Å². The molecule has 3 aromatic carbocycles. The predicted octanol–water partition coefficient (Wildman–Crippen LogP) is 5.30. The van der Waals surface area contributed by atoms with Crippen molar-refractivity contribution >= 4 is 16.9 Å². The van der Waals surface area contributed by atoms with Crippen LogP contribution in [0.25, 0.3) is 22.2 Å². The zero-order valence-electron chi connectivity index (χ0n) is 16.8. The lowest BCUT2D eigenvalue weighted by atomic mass is 10.1. The third-order valence-corrected chi connectivity index (χ3v) is 5.43. The van der Waals surface area contributed by atoms with Crippen molar-refractivity contribution in [1.82, 2.24) is 14.3 Å². The lowest BCUT2D eigenvalue weighted by Gasteiger charge is -2.07. The molecule has 1 N–H and O–H groups in total. The number of hydrogen-bond donors (Lipinski definition) is 1. The molecule has 0 amide bonds. The van der Waals surface area contributed by atoms with Crippen molar-refractivity contribution in [2.24, 2.45) is 0 Å². The van der Waals surface area contributed by atoms with Crippen LogP contribution in [0.3, 0.4) is 0 Å². The third kappa shape index (κ3) is 3.73. The second-order valence-corrected chi connectivity index (χ2v) is 7.54. The van der Waals surface area contributed by atoms with E-state index in [1.165, 1.54) is 5.56 Å². The van der Waals surface area contributed by atoms with Gasteiger partial charge in [-0.1, -0.05) is 78.9 Å². The fraction of sp³-hybridized carbons (Fsp3) is 0.0769. The molecule has 0 bridgehead atoms. The molecule has 5 nitrogen and oxygen atoms in total. The third-order valence-electron chi connectivity index (χ3n) is 5.43. The summed E-state index contributed by atoms with van der Waals surface area (Å²) in [6, 6.07) is 30.1. The van der Waals surface area contributed by atoms with Crippen LogP contribution in [0.5, 0.6) is 0 Å². The van der Waals surface area contributed by atoms with E-state index in [9.17, 15) is 9.90 Å². The van der Waals surface area contributed by atoms with Crippen LogP contribution < -0.4 is 0 Å². The summed E-state index contributed by atoms with van der Waals surface area (Å²) in [5, 5.41) is 15.0. The van der Waals surface area contributed by atoms with E-state index in [0.29, 0.717) is 6.54 Å². The van der Waals surface area contributed by atoms with Gasteiger partial charge < -0.3 is 9.67 Å². The number of fused-ring (bicyclic) bond motifs is 1. The molecule has 0 unspecified atom stereocenters. The van der Waals surface area contributed by atoms with Crippen LogP contribution in [0.4, 0.5) is 0 Å². The molecule has 0 aliphatic rings. The molecule has 2 heterocycles. The number of carbonyl (C=O) groups is 1.